The van der Waals surface area contributed by atoms with Gasteiger partial charge >= 0.3 is 0 Å². The van der Waals surface area contributed by atoms with Gasteiger partial charge in [0.05, 0.1) is 0 Å². The summed E-state index contributed by atoms with van der Waals surface area (Å²) in [7, 11) is 0. The van der Waals surface area contributed by atoms with Crippen LogP contribution in [0.25, 0.3) is 0 Å². The van der Waals surface area contributed by atoms with Crippen LogP contribution >= 0.6 is 0 Å². The van der Waals surface area contributed by atoms with E-state index in [-0.39, 0.29) is 0 Å². The van der Waals surface area contributed by atoms with Crippen LogP contribution in [0.15, 0.2) is 0 Å². The van der Waals surface area contributed by atoms with Crippen molar-refractivity contribution in [3.8, 4) is 0 Å². The van der Waals surface area contributed by atoms with Crippen LogP contribution in [0.3, 0.4) is 0 Å². The van der Waals surface area contributed by atoms with E-state index < -0.39 is 0 Å². The van der Waals surface area contributed by atoms with Gasteiger partial charge < -0.3 is 11.1 Å². The van der Waals surface area contributed by atoms with E-state index in [2.05, 4.69) is 19.2 Å². The Bertz CT molecular complexity index is 90.9. The van der Waals surface area contributed by atoms with E-state index in [1.165, 1.54) is 6.42 Å². The van der Waals surface area contributed by atoms with Crippen molar-refractivity contribution >= 4 is 0 Å². The summed E-state index contributed by atoms with van der Waals surface area (Å²) in [5, 5.41) is 3.34. The molecule has 0 aromatic heterocycles. The molecular formula is C7H16N2. The number of rotatable bonds is 3. The summed E-state index contributed by atoms with van der Waals surface area (Å²) in [5.74, 6) is 0.687. The predicted molar refractivity (Wildman–Crippen MR) is 39.2 cm³/mol. The van der Waals surface area contributed by atoms with E-state index in [4.69, 9.17) is 5.73 Å². The SMILES string of the molecule is CC(CN)CC1N[C@H]1C. The van der Waals surface area contributed by atoms with Gasteiger partial charge in [-0.1, -0.05) is 6.92 Å². The summed E-state index contributed by atoms with van der Waals surface area (Å²) in [5.41, 5.74) is 5.47. The lowest BCUT2D eigenvalue weighted by Gasteiger charge is -2.04. The van der Waals surface area contributed by atoms with Gasteiger partial charge in [-0.3, -0.25) is 0 Å². The molecule has 0 aromatic rings. The topological polar surface area (TPSA) is 48.0 Å². The van der Waals surface area contributed by atoms with Crippen molar-refractivity contribution in [1.29, 1.82) is 0 Å². The first-order valence-corrected chi connectivity index (χ1v) is 3.70. The molecule has 0 amide bonds. The smallest absolute Gasteiger partial charge is 0.0224 e. The Morgan fingerprint density at radius 2 is 2.22 bits per heavy atom. The average molecular weight is 128 g/mol. The standard InChI is InChI=1S/C7H16N2/c1-5(4-8)3-7-6(2)9-7/h5-7,9H,3-4,8H2,1-2H3/t5?,6-,7?/m0/s1. The highest BCUT2D eigenvalue weighted by Gasteiger charge is 2.31. The van der Waals surface area contributed by atoms with Crippen LogP contribution in [0, 0.1) is 5.92 Å². The van der Waals surface area contributed by atoms with Crippen molar-refractivity contribution in [3.05, 3.63) is 0 Å². The van der Waals surface area contributed by atoms with Gasteiger partial charge in [0.2, 0.25) is 0 Å². The predicted octanol–water partition coefficient (Wildman–Crippen LogP) is 0.332. The molecule has 1 saturated heterocycles. The minimum atomic E-state index is 0.687. The maximum atomic E-state index is 5.47. The van der Waals surface area contributed by atoms with Crippen LogP contribution in [-0.2, 0) is 0 Å². The number of hydrogen-bond donors (Lipinski definition) is 2. The Labute approximate surface area is 56.8 Å². The first kappa shape index (κ1) is 7.03. The van der Waals surface area contributed by atoms with Crippen molar-refractivity contribution < 1.29 is 0 Å². The molecule has 3 N–H and O–H groups in total. The molecule has 0 saturated carbocycles. The van der Waals surface area contributed by atoms with Crippen LogP contribution < -0.4 is 11.1 Å². The molecule has 0 aliphatic carbocycles. The molecule has 2 unspecified atom stereocenters. The number of hydrogen-bond acceptors (Lipinski definition) is 2. The highest BCUT2D eigenvalue weighted by molar-refractivity contribution is 4.94. The Morgan fingerprint density at radius 3 is 2.56 bits per heavy atom. The van der Waals surface area contributed by atoms with Gasteiger partial charge in [0.15, 0.2) is 0 Å². The molecule has 0 spiro atoms. The Kier molecular flexibility index (Phi) is 2.09. The molecule has 2 heteroatoms. The lowest BCUT2D eigenvalue weighted by Crippen LogP contribution is -2.13. The Hall–Kier alpha value is -0.0800. The minimum Gasteiger partial charge on any atom is -0.330 e. The Morgan fingerprint density at radius 1 is 1.67 bits per heavy atom. The van der Waals surface area contributed by atoms with E-state index in [1.54, 1.807) is 0 Å². The van der Waals surface area contributed by atoms with Gasteiger partial charge in [0.25, 0.3) is 0 Å². The summed E-state index contributed by atoms with van der Waals surface area (Å²) >= 11 is 0. The summed E-state index contributed by atoms with van der Waals surface area (Å²) in [6, 6.07) is 1.52. The second-order valence-electron chi connectivity index (χ2n) is 3.14. The van der Waals surface area contributed by atoms with Crippen molar-refractivity contribution in [2.45, 2.75) is 32.4 Å². The zero-order valence-electron chi connectivity index (χ0n) is 6.22. The first-order chi connectivity index (χ1) is 4.24. The molecule has 1 aliphatic rings. The molecule has 54 valence electrons. The third-order valence-electron chi connectivity index (χ3n) is 2.03. The molecule has 1 heterocycles. The largest absolute Gasteiger partial charge is 0.330 e. The fraction of sp³-hybridized carbons (Fsp3) is 1.00. The lowest BCUT2D eigenvalue weighted by atomic mass is 10.1. The van der Waals surface area contributed by atoms with Crippen molar-refractivity contribution in [1.82, 2.24) is 5.32 Å². The summed E-state index contributed by atoms with van der Waals surface area (Å²) in [4.78, 5) is 0. The molecule has 1 rings (SSSR count). The molecule has 3 atom stereocenters. The fourth-order valence-corrected chi connectivity index (χ4v) is 1.08. The highest BCUT2D eigenvalue weighted by atomic mass is 15.1. The zero-order valence-corrected chi connectivity index (χ0v) is 6.22. The molecule has 0 radical (unpaired) electrons. The molecule has 0 bridgehead atoms. The third-order valence-corrected chi connectivity index (χ3v) is 2.03. The maximum Gasteiger partial charge on any atom is 0.0224 e. The van der Waals surface area contributed by atoms with Crippen LogP contribution in [0.2, 0.25) is 0 Å². The van der Waals surface area contributed by atoms with Crippen LogP contribution in [-0.4, -0.2) is 18.6 Å². The van der Waals surface area contributed by atoms with E-state index in [1.807, 2.05) is 0 Å². The molecule has 1 aliphatic heterocycles. The van der Waals surface area contributed by atoms with Gasteiger partial charge in [-0.05, 0) is 25.8 Å². The van der Waals surface area contributed by atoms with Crippen molar-refractivity contribution in [2.75, 3.05) is 6.54 Å². The zero-order chi connectivity index (χ0) is 6.85. The second-order valence-corrected chi connectivity index (χ2v) is 3.14. The minimum absolute atomic E-state index is 0.687. The van der Waals surface area contributed by atoms with E-state index in [9.17, 15) is 0 Å². The molecule has 1 fully saturated rings. The van der Waals surface area contributed by atoms with Gasteiger partial charge in [-0.25, -0.2) is 0 Å². The monoisotopic (exact) mass is 128 g/mol. The summed E-state index contributed by atoms with van der Waals surface area (Å²) in [6.45, 7) is 5.24. The molecule has 2 nitrogen and oxygen atoms in total. The summed E-state index contributed by atoms with van der Waals surface area (Å²) < 4.78 is 0. The van der Waals surface area contributed by atoms with E-state index in [0.29, 0.717) is 5.92 Å². The number of nitrogens with one attached hydrogen (secondary N) is 1. The average Bonchev–Trinajstić information content (AvgIpc) is 2.47. The lowest BCUT2D eigenvalue weighted by molar-refractivity contribution is 0.535. The molecule has 9 heavy (non-hydrogen) atoms. The molecule has 0 aromatic carbocycles. The first-order valence-electron chi connectivity index (χ1n) is 3.70. The quantitative estimate of drug-likeness (QED) is 0.538. The second kappa shape index (κ2) is 2.67. The van der Waals surface area contributed by atoms with Gasteiger partial charge in [0.1, 0.15) is 0 Å². The fourth-order valence-electron chi connectivity index (χ4n) is 1.08. The van der Waals surface area contributed by atoms with Crippen molar-refractivity contribution in [3.63, 3.8) is 0 Å². The Balaban J connectivity index is 2.05. The number of nitrogens with two attached hydrogens (primary N) is 1. The van der Waals surface area contributed by atoms with Crippen molar-refractivity contribution in [2.24, 2.45) is 11.7 Å². The van der Waals surface area contributed by atoms with Gasteiger partial charge in [-0.2, -0.15) is 0 Å². The van der Waals surface area contributed by atoms with Crippen LogP contribution in [0.4, 0.5) is 0 Å². The summed E-state index contributed by atoms with van der Waals surface area (Å²) in [6.07, 6.45) is 1.25. The van der Waals surface area contributed by atoms with E-state index >= 15 is 0 Å². The third kappa shape index (κ3) is 1.95. The van der Waals surface area contributed by atoms with E-state index in [0.717, 1.165) is 18.6 Å². The normalized spacial score (nSPS) is 36.3. The van der Waals surface area contributed by atoms with Crippen LogP contribution in [0.5, 0.6) is 0 Å². The molecular weight excluding hydrogens is 112 g/mol. The highest BCUT2D eigenvalue weighted by Crippen LogP contribution is 2.17. The van der Waals surface area contributed by atoms with Gasteiger partial charge in [0, 0.05) is 12.1 Å². The van der Waals surface area contributed by atoms with Crippen LogP contribution in [0.1, 0.15) is 20.3 Å². The van der Waals surface area contributed by atoms with Gasteiger partial charge in [-0.15, -0.1) is 0 Å². The maximum absolute atomic E-state index is 5.47.